The molecule has 11 heteroatoms. The van der Waals surface area contributed by atoms with Crippen LogP contribution in [0.4, 0.5) is 0 Å². The standard InChI is InChI=1S/C8H12S.C7H12N2.C7H11NO.C6H11N3.C6H10N2S/c1-8(2,3)7-4-5-9-6-7;1-7(2,3)6-4-8-9-5-6;1-7(2,3)6-4-8-5-9-6;1-6(2,3)5-7-4-8-9-5;1-6(2,3)5-8-7-4-9-5/h4-6H,1-3H3;4-5H,1-3H3,(H,8,9);4-5H,1-3H3;4H2,1-3H3;4H,1-3H3. The smallest absolute Gasteiger partial charge is 0.180 e. The summed E-state index contributed by atoms with van der Waals surface area (Å²) in [4.78, 5) is 7.91. The third kappa shape index (κ3) is 16.2. The minimum Gasteiger partial charge on any atom is -0.448 e. The molecule has 0 radical (unpaired) electrons. The lowest BCUT2D eigenvalue weighted by Crippen LogP contribution is -2.16. The molecule has 1 aliphatic rings. The number of rotatable bonds is 0. The van der Waals surface area contributed by atoms with Crippen molar-refractivity contribution in [3.05, 3.63) is 69.2 Å². The van der Waals surface area contributed by atoms with Crippen molar-refractivity contribution in [3.8, 4) is 0 Å². The Morgan fingerprint density at radius 2 is 1.40 bits per heavy atom. The van der Waals surface area contributed by atoms with Crippen molar-refractivity contribution < 1.29 is 4.42 Å². The number of aliphatic imine (C=N–C) groups is 1. The molecule has 0 aromatic carbocycles. The number of azo groups is 1. The normalized spacial score (nSPS) is 13.2. The van der Waals surface area contributed by atoms with E-state index in [1.54, 1.807) is 34.4 Å². The van der Waals surface area contributed by atoms with Gasteiger partial charge < -0.3 is 4.42 Å². The van der Waals surface area contributed by atoms with E-state index in [-0.39, 0.29) is 21.7 Å². The van der Waals surface area contributed by atoms with Gasteiger partial charge >= 0.3 is 0 Å². The Kier molecular flexibility index (Phi) is 15.1. The lowest BCUT2D eigenvalue weighted by molar-refractivity contribution is 0.408. The van der Waals surface area contributed by atoms with Crippen LogP contribution in [0.2, 0.25) is 0 Å². The topological polar surface area (TPSA) is 118 Å². The van der Waals surface area contributed by atoms with Gasteiger partial charge in [0, 0.05) is 22.4 Å². The molecule has 0 amide bonds. The number of amidine groups is 1. The number of aromatic nitrogens is 5. The van der Waals surface area contributed by atoms with Crippen LogP contribution < -0.4 is 0 Å². The van der Waals surface area contributed by atoms with Crippen LogP contribution in [0.5, 0.6) is 0 Å². The van der Waals surface area contributed by atoms with Crippen LogP contribution in [0.1, 0.15) is 126 Å². The molecule has 250 valence electrons. The number of nitrogens with one attached hydrogen (secondary N) is 1. The average Bonchev–Trinajstić information content (AvgIpc) is 3.75. The van der Waals surface area contributed by atoms with Crippen LogP contribution in [-0.2, 0) is 21.7 Å². The first-order valence-electron chi connectivity index (χ1n) is 15.1. The van der Waals surface area contributed by atoms with Crippen molar-refractivity contribution >= 4 is 28.5 Å². The first-order valence-corrected chi connectivity index (χ1v) is 16.9. The second-order valence-corrected chi connectivity index (χ2v) is 17.3. The first-order chi connectivity index (χ1) is 20.5. The minimum atomic E-state index is 0.0694. The third-order valence-corrected chi connectivity index (χ3v) is 7.84. The Bertz CT molecular complexity index is 1180. The largest absolute Gasteiger partial charge is 0.448 e. The number of H-pyrrole nitrogens is 1. The fraction of sp³-hybridized carbons (Fsp3) is 0.618. The third-order valence-electron chi connectivity index (χ3n) is 6.04. The van der Waals surface area contributed by atoms with Gasteiger partial charge in [-0.3, -0.25) is 5.10 Å². The monoisotopic (exact) mass is 656 g/mol. The molecule has 0 atom stereocenters. The van der Waals surface area contributed by atoms with Crippen molar-refractivity contribution in [1.29, 1.82) is 0 Å². The highest BCUT2D eigenvalue weighted by molar-refractivity contribution is 7.09. The second kappa shape index (κ2) is 17.0. The molecule has 0 saturated carbocycles. The van der Waals surface area contributed by atoms with Gasteiger partial charge in [-0.15, -0.1) is 26.6 Å². The molecule has 1 aliphatic heterocycles. The van der Waals surface area contributed by atoms with Crippen LogP contribution in [0, 0.1) is 5.41 Å². The molecule has 0 aliphatic carbocycles. The van der Waals surface area contributed by atoms with E-state index in [0.717, 1.165) is 16.6 Å². The number of hydrogen-bond donors (Lipinski definition) is 1. The predicted molar refractivity (Wildman–Crippen MR) is 191 cm³/mol. The van der Waals surface area contributed by atoms with E-state index in [9.17, 15) is 0 Å². The van der Waals surface area contributed by atoms with Crippen molar-refractivity contribution in [2.24, 2.45) is 20.6 Å². The molecule has 0 spiro atoms. The minimum absolute atomic E-state index is 0.0694. The van der Waals surface area contributed by atoms with Crippen LogP contribution >= 0.6 is 22.7 Å². The molecule has 0 bridgehead atoms. The van der Waals surface area contributed by atoms with E-state index in [2.05, 4.69) is 161 Å². The fourth-order valence-corrected chi connectivity index (χ4v) is 4.58. The Labute approximate surface area is 279 Å². The van der Waals surface area contributed by atoms with E-state index in [1.807, 2.05) is 12.4 Å². The predicted octanol–water partition coefficient (Wildman–Crippen LogP) is 10.4. The highest BCUT2D eigenvalue weighted by Crippen LogP contribution is 2.24. The molecular weight excluding hydrogens is 601 g/mol. The summed E-state index contributed by atoms with van der Waals surface area (Å²) in [6.07, 6.45) is 7.00. The molecule has 4 aromatic rings. The maximum atomic E-state index is 5.09. The van der Waals surface area contributed by atoms with Crippen LogP contribution in [0.3, 0.4) is 0 Å². The van der Waals surface area contributed by atoms with Gasteiger partial charge in [0.05, 0.1) is 12.4 Å². The van der Waals surface area contributed by atoms with E-state index < -0.39 is 0 Å². The summed E-state index contributed by atoms with van der Waals surface area (Å²) in [5.41, 5.74) is 5.35. The summed E-state index contributed by atoms with van der Waals surface area (Å²) >= 11 is 3.37. The number of oxazole rings is 1. The van der Waals surface area contributed by atoms with Gasteiger partial charge in [-0.1, -0.05) is 104 Å². The van der Waals surface area contributed by atoms with E-state index >= 15 is 0 Å². The molecule has 45 heavy (non-hydrogen) atoms. The van der Waals surface area contributed by atoms with E-state index in [4.69, 9.17) is 4.42 Å². The number of nitrogens with zero attached hydrogens (tertiary/aromatic N) is 7. The Morgan fingerprint density at radius 1 is 0.756 bits per heavy atom. The average molecular weight is 657 g/mol. The Balaban J connectivity index is 0.000000281. The van der Waals surface area contributed by atoms with Crippen molar-refractivity contribution in [2.45, 2.75) is 126 Å². The van der Waals surface area contributed by atoms with Crippen molar-refractivity contribution in [2.75, 3.05) is 6.67 Å². The highest BCUT2D eigenvalue weighted by atomic mass is 32.1. The SMILES string of the molecule is CC(C)(C)C1=NCN=N1.CC(C)(C)c1ccsc1.CC(C)(C)c1cn[nH]c1.CC(C)(C)c1cnco1.CC(C)(C)c1nncs1. The summed E-state index contributed by atoms with van der Waals surface area (Å²) in [5, 5.41) is 27.4. The van der Waals surface area contributed by atoms with Crippen LogP contribution in [0.25, 0.3) is 0 Å². The van der Waals surface area contributed by atoms with Gasteiger partial charge in [0.1, 0.15) is 16.3 Å². The molecule has 0 fully saturated rings. The molecule has 5 rings (SSSR count). The maximum Gasteiger partial charge on any atom is 0.180 e. The van der Waals surface area contributed by atoms with Gasteiger partial charge in [0.2, 0.25) is 0 Å². The summed E-state index contributed by atoms with van der Waals surface area (Å²) < 4.78 is 5.09. The van der Waals surface area contributed by atoms with Crippen molar-refractivity contribution in [3.63, 3.8) is 0 Å². The van der Waals surface area contributed by atoms with E-state index in [1.165, 1.54) is 17.5 Å². The summed E-state index contributed by atoms with van der Waals surface area (Å²) in [7, 11) is 0. The second-order valence-electron chi connectivity index (χ2n) is 15.7. The van der Waals surface area contributed by atoms with Crippen LogP contribution in [-0.4, -0.2) is 37.9 Å². The first kappa shape index (κ1) is 40.0. The van der Waals surface area contributed by atoms with Crippen molar-refractivity contribution in [1.82, 2.24) is 25.4 Å². The molecule has 9 nitrogen and oxygen atoms in total. The number of aromatic amines is 1. The summed E-state index contributed by atoms with van der Waals surface area (Å²) in [6, 6.07) is 2.19. The molecule has 4 aromatic heterocycles. The maximum absolute atomic E-state index is 5.09. The number of hydrogen-bond acceptors (Lipinski definition) is 10. The zero-order chi connectivity index (χ0) is 34.5. The van der Waals surface area contributed by atoms with Gasteiger partial charge in [-0.25, -0.2) is 9.98 Å². The van der Waals surface area contributed by atoms with Gasteiger partial charge in [0.25, 0.3) is 0 Å². The molecule has 0 saturated heterocycles. The zero-order valence-electron chi connectivity index (χ0n) is 30.2. The Hall–Kier alpha value is -3.05. The van der Waals surface area contributed by atoms with E-state index in [0.29, 0.717) is 12.1 Å². The van der Waals surface area contributed by atoms with Crippen LogP contribution in [0.15, 0.2) is 67.0 Å². The molecule has 1 N–H and O–H groups in total. The fourth-order valence-electron chi connectivity index (χ4n) is 3.05. The van der Waals surface area contributed by atoms with Gasteiger partial charge in [-0.2, -0.15) is 21.5 Å². The quantitative estimate of drug-likeness (QED) is 0.202. The van der Waals surface area contributed by atoms with Gasteiger partial charge in [-0.05, 0) is 38.8 Å². The molecular formula is C34H56N8OS2. The zero-order valence-corrected chi connectivity index (χ0v) is 31.8. The number of thiophene rings is 1. The lowest BCUT2D eigenvalue weighted by Gasteiger charge is -2.15. The lowest BCUT2D eigenvalue weighted by atomic mass is 9.90. The summed E-state index contributed by atoms with van der Waals surface area (Å²) in [6.45, 7) is 32.6. The molecule has 0 unspecified atom stereocenters. The van der Waals surface area contributed by atoms with Gasteiger partial charge in [0.15, 0.2) is 18.9 Å². The highest BCUT2D eigenvalue weighted by Gasteiger charge is 2.20. The summed E-state index contributed by atoms with van der Waals surface area (Å²) in [5.74, 6) is 1.80. The molecule has 5 heterocycles. The Morgan fingerprint density at radius 3 is 1.62 bits per heavy atom.